The Hall–Kier alpha value is -3.16. The van der Waals surface area contributed by atoms with Gasteiger partial charge in [-0.25, -0.2) is 8.42 Å². The van der Waals surface area contributed by atoms with Gasteiger partial charge in [-0.3, -0.25) is 14.3 Å². The summed E-state index contributed by atoms with van der Waals surface area (Å²) in [6.45, 7) is 1.81. The molecule has 1 amide bonds. The maximum absolute atomic E-state index is 12.7. The number of rotatable bonds is 7. The van der Waals surface area contributed by atoms with Crippen LogP contribution < -0.4 is 4.72 Å². The van der Waals surface area contributed by atoms with Crippen LogP contribution in [0.25, 0.3) is 0 Å². The molecule has 3 aromatic carbocycles. The maximum atomic E-state index is 12.7. The van der Waals surface area contributed by atoms with Crippen molar-refractivity contribution in [1.29, 1.82) is 0 Å². The number of nitrogens with zero attached hydrogens (tertiary/aromatic N) is 1. The summed E-state index contributed by atoms with van der Waals surface area (Å²) in [5.74, 6) is -0.341. The lowest BCUT2D eigenvalue weighted by Crippen LogP contribution is -2.26. The summed E-state index contributed by atoms with van der Waals surface area (Å²) in [7, 11) is -2.13. The number of amides is 1. The minimum Gasteiger partial charge on any atom is -0.337 e. The zero-order valence-electron chi connectivity index (χ0n) is 17.0. The van der Waals surface area contributed by atoms with Crippen LogP contribution >= 0.6 is 11.6 Å². The number of anilines is 1. The van der Waals surface area contributed by atoms with Crippen molar-refractivity contribution >= 4 is 39.0 Å². The molecular formula is C23H21ClN2O4S. The molecule has 0 spiro atoms. The van der Waals surface area contributed by atoms with Crippen LogP contribution in [-0.4, -0.2) is 32.1 Å². The Kier molecular flexibility index (Phi) is 6.77. The first-order chi connectivity index (χ1) is 14.7. The van der Waals surface area contributed by atoms with Crippen molar-refractivity contribution in [2.45, 2.75) is 18.4 Å². The topological polar surface area (TPSA) is 83.5 Å². The average Bonchev–Trinajstić information content (AvgIpc) is 2.73. The number of Topliss-reactive ketones (excluding diaryl/α,β-unsaturated/α-hetero) is 1. The predicted molar refractivity (Wildman–Crippen MR) is 121 cm³/mol. The highest BCUT2D eigenvalue weighted by Crippen LogP contribution is 2.19. The molecule has 0 saturated carbocycles. The SMILES string of the molecule is CC(=O)c1ccc(S(=O)(=O)Nc2ccc(C(=O)N(C)Cc3cccc(Cl)c3)cc2)cc1. The molecule has 0 saturated heterocycles. The van der Waals surface area contributed by atoms with Crippen molar-refractivity contribution in [3.05, 3.63) is 94.5 Å². The van der Waals surface area contributed by atoms with Crippen molar-refractivity contribution in [3.8, 4) is 0 Å². The third-order valence-corrected chi connectivity index (χ3v) is 6.24. The number of carbonyl (C=O) groups excluding carboxylic acids is 2. The molecule has 0 aliphatic carbocycles. The van der Waals surface area contributed by atoms with Crippen molar-refractivity contribution in [1.82, 2.24) is 4.90 Å². The molecular weight excluding hydrogens is 436 g/mol. The maximum Gasteiger partial charge on any atom is 0.261 e. The summed E-state index contributed by atoms with van der Waals surface area (Å²) in [4.78, 5) is 25.6. The van der Waals surface area contributed by atoms with Crippen LogP contribution in [0.1, 0.15) is 33.2 Å². The van der Waals surface area contributed by atoms with E-state index in [-0.39, 0.29) is 16.6 Å². The molecule has 31 heavy (non-hydrogen) atoms. The molecule has 8 heteroatoms. The molecule has 0 fully saturated rings. The fourth-order valence-electron chi connectivity index (χ4n) is 2.97. The molecule has 0 aromatic heterocycles. The van der Waals surface area contributed by atoms with Gasteiger partial charge in [-0.05, 0) is 61.0 Å². The van der Waals surface area contributed by atoms with Gasteiger partial charge < -0.3 is 4.90 Å². The predicted octanol–water partition coefficient (Wildman–Crippen LogP) is 4.62. The normalized spacial score (nSPS) is 11.1. The molecule has 0 atom stereocenters. The van der Waals surface area contributed by atoms with Gasteiger partial charge in [0, 0.05) is 35.4 Å². The Balaban J connectivity index is 1.69. The van der Waals surface area contributed by atoms with Crippen LogP contribution in [0.2, 0.25) is 5.02 Å². The molecule has 1 N–H and O–H groups in total. The van der Waals surface area contributed by atoms with Crippen molar-refractivity contribution in [2.24, 2.45) is 0 Å². The highest BCUT2D eigenvalue weighted by molar-refractivity contribution is 7.92. The lowest BCUT2D eigenvalue weighted by atomic mass is 10.1. The molecule has 160 valence electrons. The highest BCUT2D eigenvalue weighted by Gasteiger charge is 2.16. The first kappa shape index (κ1) is 22.5. The molecule has 0 heterocycles. The third-order valence-electron chi connectivity index (χ3n) is 4.61. The number of sulfonamides is 1. The smallest absolute Gasteiger partial charge is 0.261 e. The number of hydrogen-bond donors (Lipinski definition) is 1. The summed E-state index contributed by atoms with van der Waals surface area (Å²) in [5, 5.41) is 0.603. The Morgan fingerprint density at radius 3 is 2.13 bits per heavy atom. The van der Waals surface area contributed by atoms with Crippen molar-refractivity contribution in [2.75, 3.05) is 11.8 Å². The van der Waals surface area contributed by atoms with E-state index >= 15 is 0 Å². The van der Waals surface area contributed by atoms with E-state index in [2.05, 4.69) is 4.72 Å². The number of carbonyl (C=O) groups is 2. The lowest BCUT2D eigenvalue weighted by Gasteiger charge is -2.18. The van der Waals surface area contributed by atoms with E-state index in [1.54, 1.807) is 36.2 Å². The number of hydrogen-bond acceptors (Lipinski definition) is 4. The summed E-state index contributed by atoms with van der Waals surface area (Å²) in [6, 6.07) is 19.1. The van der Waals surface area contributed by atoms with Crippen LogP contribution in [0.3, 0.4) is 0 Å². The monoisotopic (exact) mass is 456 g/mol. The van der Waals surface area contributed by atoms with E-state index in [9.17, 15) is 18.0 Å². The Morgan fingerprint density at radius 1 is 0.935 bits per heavy atom. The Labute approximate surface area is 186 Å². The number of benzene rings is 3. The third kappa shape index (κ3) is 5.71. The molecule has 6 nitrogen and oxygen atoms in total. The standard InChI is InChI=1S/C23H21ClN2O4S/c1-16(27)18-8-12-22(13-9-18)31(29,30)25-21-10-6-19(7-11-21)23(28)26(2)15-17-4-3-5-20(24)14-17/h3-14,25H,15H2,1-2H3. The van der Waals surface area contributed by atoms with Crippen LogP contribution in [0.15, 0.2) is 77.7 Å². The van der Waals surface area contributed by atoms with Gasteiger partial charge in [-0.15, -0.1) is 0 Å². The molecule has 0 aliphatic rings. The van der Waals surface area contributed by atoms with Gasteiger partial charge >= 0.3 is 0 Å². The Bertz CT molecular complexity index is 1210. The van der Waals surface area contributed by atoms with Crippen LogP contribution in [0, 0.1) is 0 Å². The van der Waals surface area contributed by atoms with E-state index in [1.807, 2.05) is 12.1 Å². The van der Waals surface area contributed by atoms with Crippen LogP contribution in [-0.2, 0) is 16.6 Å². The molecule has 0 unspecified atom stereocenters. The molecule has 0 aliphatic heterocycles. The van der Waals surface area contributed by atoms with Gasteiger partial charge in [-0.2, -0.15) is 0 Å². The van der Waals surface area contributed by atoms with E-state index in [4.69, 9.17) is 11.6 Å². The molecule has 0 radical (unpaired) electrons. The summed E-state index contributed by atoms with van der Waals surface area (Å²) < 4.78 is 27.6. The zero-order chi connectivity index (χ0) is 22.6. The first-order valence-corrected chi connectivity index (χ1v) is 11.3. The van der Waals surface area contributed by atoms with Crippen LogP contribution in [0.4, 0.5) is 5.69 Å². The second-order valence-electron chi connectivity index (χ2n) is 7.05. The first-order valence-electron chi connectivity index (χ1n) is 9.39. The van der Waals surface area contributed by atoms with Crippen molar-refractivity contribution < 1.29 is 18.0 Å². The van der Waals surface area contributed by atoms with E-state index in [0.29, 0.717) is 28.4 Å². The van der Waals surface area contributed by atoms with Gasteiger partial charge in [-0.1, -0.05) is 35.9 Å². The van der Waals surface area contributed by atoms with Gasteiger partial charge in [0.05, 0.1) is 4.90 Å². The van der Waals surface area contributed by atoms with Gasteiger partial charge in [0.25, 0.3) is 15.9 Å². The van der Waals surface area contributed by atoms with E-state index in [1.165, 1.54) is 43.3 Å². The highest BCUT2D eigenvalue weighted by atomic mass is 35.5. The van der Waals surface area contributed by atoms with Gasteiger partial charge in [0.15, 0.2) is 5.78 Å². The molecule has 3 aromatic rings. The molecule has 3 rings (SSSR count). The number of ketones is 1. The van der Waals surface area contributed by atoms with E-state index in [0.717, 1.165) is 5.56 Å². The quantitative estimate of drug-likeness (QED) is 0.526. The summed E-state index contributed by atoms with van der Waals surface area (Å²) >= 11 is 5.99. The zero-order valence-corrected chi connectivity index (χ0v) is 18.6. The van der Waals surface area contributed by atoms with E-state index < -0.39 is 10.0 Å². The van der Waals surface area contributed by atoms with Crippen molar-refractivity contribution in [3.63, 3.8) is 0 Å². The Morgan fingerprint density at radius 2 is 1.55 bits per heavy atom. The lowest BCUT2D eigenvalue weighted by molar-refractivity contribution is 0.0785. The minimum atomic E-state index is -3.82. The van der Waals surface area contributed by atoms with Crippen LogP contribution in [0.5, 0.6) is 0 Å². The average molecular weight is 457 g/mol. The second-order valence-corrected chi connectivity index (χ2v) is 9.17. The largest absolute Gasteiger partial charge is 0.337 e. The fraction of sp³-hybridized carbons (Fsp3) is 0.130. The second kappa shape index (κ2) is 9.32. The number of nitrogens with one attached hydrogen (secondary N) is 1. The fourth-order valence-corrected chi connectivity index (χ4v) is 4.24. The van der Waals surface area contributed by atoms with Gasteiger partial charge in [0.1, 0.15) is 0 Å². The van der Waals surface area contributed by atoms with Gasteiger partial charge in [0.2, 0.25) is 0 Å². The summed E-state index contributed by atoms with van der Waals surface area (Å²) in [5.41, 5.74) is 2.09. The number of halogens is 1. The molecule has 0 bridgehead atoms. The summed E-state index contributed by atoms with van der Waals surface area (Å²) in [6.07, 6.45) is 0. The minimum absolute atomic E-state index is 0.0407.